The number of carboxylic acids is 1. The van der Waals surface area contributed by atoms with Gasteiger partial charge in [0, 0.05) is 0 Å². The molecule has 8 heteroatoms. The fourth-order valence-electron chi connectivity index (χ4n) is 1.55. The SMILES string of the molecule is CSCCC(NOC=O)C(=O)NC(CC(C)C)C(=O)O. The number of hydrogen-bond acceptors (Lipinski definition) is 6. The highest BCUT2D eigenvalue weighted by atomic mass is 32.2. The normalized spacial score (nSPS) is 13.6. The molecule has 0 aliphatic heterocycles. The van der Waals surface area contributed by atoms with Gasteiger partial charge in [0.15, 0.2) is 0 Å². The Bertz CT molecular complexity index is 325. The van der Waals surface area contributed by atoms with Crippen LogP contribution in [0, 0.1) is 5.92 Å². The molecule has 0 heterocycles. The maximum absolute atomic E-state index is 12.0. The molecule has 0 spiro atoms. The first-order chi connectivity index (χ1) is 9.42. The average molecular weight is 306 g/mol. The second-order valence-corrected chi connectivity index (χ2v) is 5.68. The summed E-state index contributed by atoms with van der Waals surface area (Å²) in [5.41, 5.74) is 2.32. The average Bonchev–Trinajstić information content (AvgIpc) is 2.37. The summed E-state index contributed by atoms with van der Waals surface area (Å²) >= 11 is 1.54. The lowest BCUT2D eigenvalue weighted by Crippen LogP contribution is -2.50. The molecule has 0 saturated heterocycles. The Balaban J connectivity index is 4.59. The number of carbonyl (C=O) groups is 3. The van der Waals surface area contributed by atoms with E-state index < -0.39 is 24.0 Å². The number of rotatable bonds is 11. The number of amides is 1. The monoisotopic (exact) mass is 306 g/mol. The molecule has 1 amide bonds. The highest BCUT2D eigenvalue weighted by molar-refractivity contribution is 7.98. The van der Waals surface area contributed by atoms with Gasteiger partial charge in [0.1, 0.15) is 12.1 Å². The van der Waals surface area contributed by atoms with E-state index in [1.54, 1.807) is 0 Å². The number of carboxylic acid groups (broad SMARTS) is 1. The molecule has 0 saturated carbocycles. The molecule has 0 aliphatic carbocycles. The molecule has 7 nitrogen and oxygen atoms in total. The summed E-state index contributed by atoms with van der Waals surface area (Å²) in [4.78, 5) is 37.7. The first kappa shape index (κ1) is 18.7. The van der Waals surface area contributed by atoms with Gasteiger partial charge in [-0.2, -0.15) is 11.8 Å². The van der Waals surface area contributed by atoms with Crippen molar-refractivity contribution < 1.29 is 24.3 Å². The van der Waals surface area contributed by atoms with Crippen molar-refractivity contribution in [1.29, 1.82) is 0 Å². The van der Waals surface area contributed by atoms with Gasteiger partial charge in [-0.05, 0) is 30.8 Å². The topological polar surface area (TPSA) is 105 Å². The second kappa shape index (κ2) is 10.5. The van der Waals surface area contributed by atoms with Crippen molar-refractivity contribution >= 4 is 30.1 Å². The Morgan fingerprint density at radius 3 is 2.45 bits per heavy atom. The van der Waals surface area contributed by atoms with Gasteiger partial charge in [0.25, 0.3) is 0 Å². The molecule has 3 N–H and O–H groups in total. The molecule has 0 aliphatic rings. The van der Waals surface area contributed by atoms with Crippen molar-refractivity contribution in [3.63, 3.8) is 0 Å². The predicted octanol–water partition coefficient (Wildman–Crippen LogP) is 0.401. The number of hydroxylamine groups is 1. The summed E-state index contributed by atoms with van der Waals surface area (Å²) in [5, 5.41) is 11.5. The van der Waals surface area contributed by atoms with Crippen LogP contribution in [-0.4, -0.2) is 47.5 Å². The Kier molecular flexibility index (Phi) is 9.83. The fraction of sp³-hybridized carbons (Fsp3) is 0.750. The van der Waals surface area contributed by atoms with Gasteiger partial charge in [-0.3, -0.25) is 9.59 Å². The van der Waals surface area contributed by atoms with Gasteiger partial charge in [0.05, 0.1) is 0 Å². The summed E-state index contributed by atoms with van der Waals surface area (Å²) in [6.07, 6.45) is 2.65. The summed E-state index contributed by atoms with van der Waals surface area (Å²) in [6, 6.07) is -1.71. The maximum Gasteiger partial charge on any atom is 0.326 e. The zero-order valence-corrected chi connectivity index (χ0v) is 12.7. The van der Waals surface area contributed by atoms with Gasteiger partial charge < -0.3 is 15.3 Å². The van der Waals surface area contributed by atoms with E-state index in [0.717, 1.165) is 0 Å². The minimum absolute atomic E-state index is 0.139. The Morgan fingerprint density at radius 2 is 2.00 bits per heavy atom. The summed E-state index contributed by atoms with van der Waals surface area (Å²) in [5.74, 6) is -0.754. The number of nitrogens with one attached hydrogen (secondary N) is 2. The van der Waals surface area contributed by atoms with E-state index in [-0.39, 0.29) is 12.4 Å². The van der Waals surface area contributed by atoms with Crippen LogP contribution in [0.1, 0.15) is 26.7 Å². The van der Waals surface area contributed by atoms with Gasteiger partial charge in [-0.1, -0.05) is 13.8 Å². The van der Waals surface area contributed by atoms with Crippen LogP contribution in [0.4, 0.5) is 0 Å². The Labute approximate surface area is 122 Å². The molecule has 0 radical (unpaired) electrons. The van der Waals surface area contributed by atoms with E-state index in [1.165, 1.54) is 11.8 Å². The molecule has 0 aromatic carbocycles. The minimum atomic E-state index is -1.08. The van der Waals surface area contributed by atoms with Crippen LogP contribution < -0.4 is 10.8 Å². The largest absolute Gasteiger partial charge is 0.480 e. The third-order valence-corrected chi connectivity index (χ3v) is 3.15. The third-order valence-electron chi connectivity index (χ3n) is 2.51. The van der Waals surface area contributed by atoms with Crippen LogP contribution >= 0.6 is 11.8 Å². The van der Waals surface area contributed by atoms with Crippen molar-refractivity contribution in [2.45, 2.75) is 38.8 Å². The van der Waals surface area contributed by atoms with Crippen LogP contribution in [0.5, 0.6) is 0 Å². The van der Waals surface area contributed by atoms with E-state index in [0.29, 0.717) is 18.6 Å². The van der Waals surface area contributed by atoms with Crippen molar-refractivity contribution in [1.82, 2.24) is 10.8 Å². The van der Waals surface area contributed by atoms with Crippen LogP contribution in [0.2, 0.25) is 0 Å². The molecule has 116 valence electrons. The molecule has 2 atom stereocenters. The number of thioether (sulfide) groups is 1. The van der Waals surface area contributed by atoms with E-state index >= 15 is 0 Å². The van der Waals surface area contributed by atoms with Crippen molar-refractivity contribution in [3.05, 3.63) is 0 Å². The molecule has 0 rings (SSSR count). The zero-order chi connectivity index (χ0) is 15.5. The quantitative estimate of drug-likeness (QED) is 0.375. The molecular formula is C12H22N2O5S. The molecule has 0 aromatic heterocycles. The lowest BCUT2D eigenvalue weighted by atomic mass is 10.0. The van der Waals surface area contributed by atoms with Crippen molar-refractivity contribution in [2.24, 2.45) is 5.92 Å². The highest BCUT2D eigenvalue weighted by Crippen LogP contribution is 2.07. The second-order valence-electron chi connectivity index (χ2n) is 4.69. The lowest BCUT2D eigenvalue weighted by molar-refractivity contribution is -0.145. The summed E-state index contributed by atoms with van der Waals surface area (Å²) < 4.78 is 0. The fourth-order valence-corrected chi connectivity index (χ4v) is 2.03. The lowest BCUT2D eigenvalue weighted by Gasteiger charge is -2.21. The molecule has 0 aromatic rings. The Morgan fingerprint density at radius 1 is 1.35 bits per heavy atom. The smallest absolute Gasteiger partial charge is 0.326 e. The molecule has 2 unspecified atom stereocenters. The molecule has 0 fully saturated rings. The van der Waals surface area contributed by atoms with E-state index in [2.05, 4.69) is 15.6 Å². The highest BCUT2D eigenvalue weighted by Gasteiger charge is 2.26. The van der Waals surface area contributed by atoms with Gasteiger partial charge in [-0.25, -0.2) is 4.79 Å². The molecule has 20 heavy (non-hydrogen) atoms. The van der Waals surface area contributed by atoms with Crippen LogP contribution in [0.3, 0.4) is 0 Å². The number of hydrogen-bond donors (Lipinski definition) is 3. The van der Waals surface area contributed by atoms with Gasteiger partial charge >= 0.3 is 12.4 Å². The number of carbonyl (C=O) groups excluding carboxylic acids is 2. The molecular weight excluding hydrogens is 284 g/mol. The standard InChI is InChI=1S/C12H22N2O5S/c1-8(2)6-10(12(17)18)13-11(16)9(4-5-20-3)14-19-7-15/h7-10,14H,4-6H2,1-3H3,(H,13,16)(H,17,18). The predicted molar refractivity (Wildman–Crippen MR) is 76.1 cm³/mol. The summed E-state index contributed by atoms with van der Waals surface area (Å²) in [6.45, 7) is 3.93. The van der Waals surface area contributed by atoms with Crippen LogP contribution in [-0.2, 0) is 19.2 Å². The van der Waals surface area contributed by atoms with E-state index in [4.69, 9.17) is 5.11 Å². The number of aliphatic carboxylic acids is 1. The van der Waals surface area contributed by atoms with Crippen molar-refractivity contribution in [2.75, 3.05) is 12.0 Å². The van der Waals surface area contributed by atoms with E-state index in [9.17, 15) is 14.4 Å². The first-order valence-corrected chi connectivity index (χ1v) is 7.68. The minimum Gasteiger partial charge on any atom is -0.480 e. The van der Waals surface area contributed by atoms with Gasteiger partial charge in [-0.15, -0.1) is 5.48 Å². The van der Waals surface area contributed by atoms with Gasteiger partial charge in [0.2, 0.25) is 5.91 Å². The summed E-state index contributed by atoms with van der Waals surface area (Å²) in [7, 11) is 0. The van der Waals surface area contributed by atoms with Crippen LogP contribution in [0.15, 0.2) is 0 Å². The third kappa shape index (κ3) is 8.00. The molecule has 0 bridgehead atoms. The first-order valence-electron chi connectivity index (χ1n) is 6.29. The van der Waals surface area contributed by atoms with Crippen molar-refractivity contribution in [3.8, 4) is 0 Å². The zero-order valence-electron chi connectivity index (χ0n) is 11.9. The Hall–Kier alpha value is -1.28. The maximum atomic E-state index is 12.0. The van der Waals surface area contributed by atoms with Crippen LogP contribution in [0.25, 0.3) is 0 Å². The van der Waals surface area contributed by atoms with E-state index in [1.807, 2.05) is 20.1 Å².